The molecule has 0 spiro atoms. The smallest absolute Gasteiger partial charge is 0.524 e. The summed E-state index contributed by atoms with van der Waals surface area (Å²) in [6, 6.07) is 31.1. The first kappa shape index (κ1) is 22.7. The third-order valence-corrected chi connectivity index (χ3v) is 5.92. The largest absolute Gasteiger partial charge is 0.632 e. The van der Waals surface area contributed by atoms with Crippen LogP contribution in [0.2, 0.25) is 0 Å². The van der Waals surface area contributed by atoms with E-state index in [0.717, 1.165) is 30.1 Å². The topological polar surface area (TPSA) is 24.9 Å². The van der Waals surface area contributed by atoms with Gasteiger partial charge in [0.2, 0.25) is 0 Å². The Morgan fingerprint density at radius 2 is 1.00 bits per heavy atom. The van der Waals surface area contributed by atoms with Crippen LogP contribution in [0.3, 0.4) is 0 Å². The summed E-state index contributed by atoms with van der Waals surface area (Å²) in [5.74, 6) is 1.76. The predicted molar refractivity (Wildman–Crippen MR) is 142 cm³/mol. The van der Waals surface area contributed by atoms with Gasteiger partial charge in [-0.25, -0.2) is 0 Å². The minimum atomic E-state index is -0.524. The van der Waals surface area contributed by atoms with Gasteiger partial charge in [-0.2, -0.15) is 0 Å². The van der Waals surface area contributed by atoms with Crippen LogP contribution in [0.25, 0.3) is 0 Å². The molecule has 0 amide bonds. The van der Waals surface area contributed by atoms with E-state index in [2.05, 4.69) is 70.7 Å². The number of benzene rings is 3. The summed E-state index contributed by atoms with van der Waals surface area (Å²) in [7, 11) is -0.524. The van der Waals surface area contributed by atoms with E-state index < -0.39 is 7.12 Å². The normalized spacial score (nSPS) is 14.9. The van der Waals surface area contributed by atoms with Crippen molar-refractivity contribution in [1.82, 2.24) is 9.80 Å². The summed E-state index contributed by atoms with van der Waals surface area (Å²) in [6.45, 7) is 3.05. The molecule has 2 heterocycles. The number of hydrogen-bond acceptors (Lipinski definition) is 4. The molecular formula is C30H29BN2O2. The Kier molecular flexibility index (Phi) is 7.35. The zero-order valence-electron chi connectivity index (χ0n) is 19.7. The third-order valence-electron chi connectivity index (χ3n) is 5.92. The molecule has 0 atom stereocenters. The van der Waals surface area contributed by atoms with Gasteiger partial charge in [-0.05, 0) is 47.8 Å². The molecule has 0 saturated carbocycles. The predicted octanol–water partition coefficient (Wildman–Crippen LogP) is 5.24. The molecule has 2 aliphatic rings. The van der Waals surface area contributed by atoms with Crippen molar-refractivity contribution in [2.45, 2.75) is 13.1 Å². The minimum Gasteiger partial charge on any atom is -0.524 e. The maximum atomic E-state index is 6.46. The van der Waals surface area contributed by atoms with E-state index in [4.69, 9.17) is 9.31 Å². The first-order valence-corrected chi connectivity index (χ1v) is 12.0. The first-order valence-electron chi connectivity index (χ1n) is 12.0. The average Bonchev–Trinajstić information content (AvgIpc) is 2.91. The summed E-state index contributed by atoms with van der Waals surface area (Å²) >= 11 is 0. The van der Waals surface area contributed by atoms with Crippen molar-refractivity contribution in [2.75, 3.05) is 13.1 Å². The van der Waals surface area contributed by atoms with Gasteiger partial charge in [0.25, 0.3) is 0 Å². The molecular weight excluding hydrogens is 431 g/mol. The van der Waals surface area contributed by atoms with Crippen LogP contribution >= 0.6 is 0 Å². The number of hydrogen-bond donors (Lipinski definition) is 0. The zero-order chi connectivity index (χ0) is 23.7. The fourth-order valence-electron chi connectivity index (χ4n) is 4.21. The molecule has 0 bridgehead atoms. The highest BCUT2D eigenvalue weighted by Gasteiger charge is 2.29. The number of allylic oxidation sites excluding steroid dienone is 4. The van der Waals surface area contributed by atoms with E-state index in [1.54, 1.807) is 0 Å². The van der Waals surface area contributed by atoms with Crippen molar-refractivity contribution in [1.29, 1.82) is 0 Å². The van der Waals surface area contributed by atoms with Crippen molar-refractivity contribution in [3.63, 3.8) is 0 Å². The summed E-state index contributed by atoms with van der Waals surface area (Å²) in [5, 5.41) is 0. The van der Waals surface area contributed by atoms with Gasteiger partial charge in [-0.3, -0.25) is 0 Å². The minimum absolute atomic E-state index is 0.524. The van der Waals surface area contributed by atoms with Crippen molar-refractivity contribution >= 4 is 12.6 Å². The Balaban J connectivity index is 1.25. The number of nitrogens with zero attached hydrogens (tertiary/aromatic N) is 2. The molecule has 4 nitrogen and oxygen atoms in total. The molecule has 3 aromatic rings. The lowest BCUT2D eigenvalue weighted by molar-refractivity contribution is 0.247. The van der Waals surface area contributed by atoms with E-state index >= 15 is 0 Å². The molecule has 0 saturated heterocycles. The van der Waals surface area contributed by atoms with Gasteiger partial charge in [0.1, 0.15) is 0 Å². The molecule has 35 heavy (non-hydrogen) atoms. The second-order valence-corrected chi connectivity index (χ2v) is 8.71. The molecule has 174 valence electrons. The van der Waals surface area contributed by atoms with Crippen molar-refractivity contribution in [3.05, 3.63) is 150 Å². The molecule has 5 heteroatoms. The van der Waals surface area contributed by atoms with Gasteiger partial charge in [0.05, 0.1) is 24.6 Å². The Labute approximate surface area is 208 Å². The van der Waals surface area contributed by atoms with Crippen LogP contribution in [0, 0.1) is 0 Å². The standard InChI is InChI=1S/C30H29BN2O2/c1-4-12-26(13-5-1)22-32-20-10-18-29(24-32)34-31(28-16-8-3-9-17-28)35-30-19-11-21-33(25-30)23-27-14-6-2-7-15-27/h1-21H,22-25H2. The van der Waals surface area contributed by atoms with Gasteiger partial charge in [0.15, 0.2) is 0 Å². The fourth-order valence-corrected chi connectivity index (χ4v) is 4.21. The first-order chi connectivity index (χ1) is 17.3. The second kappa shape index (κ2) is 11.3. The molecule has 0 aromatic heterocycles. The van der Waals surface area contributed by atoms with Crippen LogP contribution in [-0.4, -0.2) is 30.0 Å². The van der Waals surface area contributed by atoms with E-state index in [-0.39, 0.29) is 0 Å². The maximum absolute atomic E-state index is 6.46. The van der Waals surface area contributed by atoms with Crippen LogP contribution < -0.4 is 5.46 Å². The lowest BCUT2D eigenvalue weighted by Gasteiger charge is -2.29. The van der Waals surface area contributed by atoms with Crippen molar-refractivity contribution in [2.24, 2.45) is 0 Å². The lowest BCUT2D eigenvalue weighted by atomic mass is 9.78. The SMILES string of the molecule is C1=CN(Cc2ccccc2)CC(OB(OC2=CC=CN(Cc3ccccc3)C2)c2ccccc2)=C1. The van der Waals surface area contributed by atoms with E-state index in [9.17, 15) is 0 Å². The highest BCUT2D eigenvalue weighted by atomic mass is 16.6. The average molecular weight is 460 g/mol. The highest BCUT2D eigenvalue weighted by molar-refractivity contribution is 6.61. The fraction of sp³-hybridized carbons (Fsp3) is 0.133. The molecule has 0 aliphatic carbocycles. The van der Waals surface area contributed by atoms with Crippen LogP contribution in [0.4, 0.5) is 0 Å². The van der Waals surface area contributed by atoms with Crippen LogP contribution in [-0.2, 0) is 22.4 Å². The molecule has 0 radical (unpaired) electrons. The van der Waals surface area contributed by atoms with Crippen molar-refractivity contribution in [3.8, 4) is 0 Å². The van der Waals surface area contributed by atoms with Gasteiger partial charge >= 0.3 is 7.12 Å². The van der Waals surface area contributed by atoms with E-state index in [1.807, 2.05) is 66.8 Å². The highest BCUT2D eigenvalue weighted by Crippen LogP contribution is 2.18. The van der Waals surface area contributed by atoms with E-state index in [1.165, 1.54) is 11.1 Å². The third kappa shape index (κ3) is 6.48. The second-order valence-electron chi connectivity index (χ2n) is 8.71. The summed E-state index contributed by atoms with van der Waals surface area (Å²) < 4.78 is 12.9. The zero-order valence-corrected chi connectivity index (χ0v) is 19.7. The Morgan fingerprint density at radius 3 is 1.46 bits per heavy atom. The Bertz CT molecular complexity index is 1130. The number of rotatable bonds is 9. The van der Waals surface area contributed by atoms with Crippen molar-refractivity contribution < 1.29 is 9.31 Å². The van der Waals surface area contributed by atoms with Gasteiger partial charge in [0, 0.05) is 18.6 Å². The van der Waals surface area contributed by atoms with Crippen LogP contribution in [0.1, 0.15) is 11.1 Å². The monoisotopic (exact) mass is 460 g/mol. The van der Waals surface area contributed by atoms with E-state index in [0.29, 0.717) is 13.1 Å². The molecule has 0 fully saturated rings. The molecule has 5 rings (SSSR count). The summed E-state index contributed by atoms with van der Waals surface area (Å²) in [4.78, 5) is 4.49. The Hall–Kier alpha value is -4.12. The Morgan fingerprint density at radius 1 is 0.571 bits per heavy atom. The summed E-state index contributed by atoms with van der Waals surface area (Å²) in [6.07, 6.45) is 12.3. The maximum Gasteiger partial charge on any atom is 0.632 e. The van der Waals surface area contributed by atoms with Gasteiger partial charge in [-0.1, -0.05) is 91.0 Å². The quantitative estimate of drug-likeness (QED) is 0.408. The molecule has 0 N–H and O–H groups in total. The molecule has 2 aliphatic heterocycles. The van der Waals surface area contributed by atoms with Crippen LogP contribution in [0.5, 0.6) is 0 Å². The van der Waals surface area contributed by atoms with Gasteiger partial charge in [-0.15, -0.1) is 0 Å². The summed E-state index contributed by atoms with van der Waals surface area (Å²) in [5.41, 5.74) is 3.53. The van der Waals surface area contributed by atoms with Crippen LogP contribution in [0.15, 0.2) is 139 Å². The lowest BCUT2D eigenvalue weighted by Crippen LogP contribution is -2.39. The van der Waals surface area contributed by atoms with Gasteiger partial charge < -0.3 is 19.1 Å². The molecule has 3 aromatic carbocycles. The molecule has 0 unspecified atom stereocenters.